The highest BCUT2D eigenvalue weighted by atomic mass is 16.4. The van der Waals surface area contributed by atoms with Gasteiger partial charge >= 0.3 is 0 Å². The maximum absolute atomic E-state index is 12.6. The zero-order chi connectivity index (χ0) is 19.9. The van der Waals surface area contributed by atoms with Crippen molar-refractivity contribution < 1.29 is 23.9 Å². The summed E-state index contributed by atoms with van der Waals surface area (Å²) in [5, 5.41) is 16.2. The van der Waals surface area contributed by atoms with Gasteiger partial charge in [-0.15, -0.1) is 0 Å². The molecule has 0 aliphatic heterocycles. The van der Waals surface area contributed by atoms with Crippen LogP contribution in [0.25, 0.3) is 6.08 Å². The summed E-state index contributed by atoms with van der Waals surface area (Å²) in [6.07, 6.45) is 4.28. The highest BCUT2D eigenvalue weighted by molar-refractivity contribution is 6.12. The molecule has 7 nitrogen and oxygen atoms in total. The fourth-order valence-electron chi connectivity index (χ4n) is 2.43. The first-order valence-corrected chi connectivity index (χ1v) is 8.27. The Hall–Kier alpha value is -4.13. The lowest BCUT2D eigenvalue weighted by atomic mass is 10.1. The molecule has 7 heteroatoms. The summed E-state index contributed by atoms with van der Waals surface area (Å²) < 4.78 is 5.11. The highest BCUT2D eigenvalue weighted by Gasteiger charge is 2.13. The summed E-state index contributed by atoms with van der Waals surface area (Å²) in [6, 6.07) is 15.6. The fourth-order valence-corrected chi connectivity index (χ4v) is 2.43. The van der Waals surface area contributed by atoms with Gasteiger partial charge in [0.2, 0.25) is 5.91 Å². The van der Waals surface area contributed by atoms with Gasteiger partial charge in [0.15, 0.2) is 0 Å². The van der Waals surface area contributed by atoms with Crippen LogP contribution in [0, 0.1) is 0 Å². The first-order valence-electron chi connectivity index (χ1n) is 8.27. The Labute approximate surface area is 160 Å². The zero-order valence-corrected chi connectivity index (χ0v) is 14.5. The Morgan fingerprint density at radius 2 is 1.75 bits per heavy atom. The van der Waals surface area contributed by atoms with Crippen molar-refractivity contribution >= 4 is 35.2 Å². The van der Waals surface area contributed by atoms with Crippen LogP contribution in [-0.2, 0) is 4.79 Å². The second kappa shape index (κ2) is 8.50. The van der Waals surface area contributed by atoms with Crippen molar-refractivity contribution in [2.75, 3.05) is 10.6 Å². The number of carbonyl (C=O) groups is 3. The van der Waals surface area contributed by atoms with Crippen molar-refractivity contribution in [2.24, 2.45) is 0 Å². The molecule has 0 spiro atoms. The van der Waals surface area contributed by atoms with E-state index in [1.54, 1.807) is 42.5 Å². The molecule has 0 fully saturated rings. The smallest absolute Gasteiger partial charge is 0.257 e. The van der Waals surface area contributed by atoms with E-state index in [-0.39, 0.29) is 11.1 Å². The van der Waals surface area contributed by atoms with E-state index in [0.29, 0.717) is 17.1 Å². The third kappa shape index (κ3) is 4.73. The number of carboxylic acids is 1. The number of carboxylic acid groups (broad SMARTS) is 1. The van der Waals surface area contributed by atoms with Crippen molar-refractivity contribution in [1.82, 2.24) is 0 Å². The highest BCUT2D eigenvalue weighted by Crippen LogP contribution is 2.18. The molecule has 0 bridgehead atoms. The number of anilines is 2. The van der Waals surface area contributed by atoms with E-state index in [2.05, 4.69) is 10.6 Å². The number of rotatable bonds is 6. The number of benzene rings is 2. The van der Waals surface area contributed by atoms with E-state index in [1.165, 1.54) is 36.6 Å². The number of carbonyl (C=O) groups excluding carboxylic acids is 3. The predicted molar refractivity (Wildman–Crippen MR) is 102 cm³/mol. The van der Waals surface area contributed by atoms with Crippen molar-refractivity contribution in [1.29, 1.82) is 0 Å². The number of para-hydroxylation sites is 1. The molecule has 0 saturated heterocycles. The Balaban J connectivity index is 1.74. The summed E-state index contributed by atoms with van der Waals surface area (Å²) in [7, 11) is 0. The van der Waals surface area contributed by atoms with Crippen LogP contribution >= 0.6 is 0 Å². The van der Waals surface area contributed by atoms with Crippen LogP contribution < -0.4 is 15.7 Å². The van der Waals surface area contributed by atoms with Crippen LogP contribution in [0.15, 0.2) is 77.4 Å². The lowest BCUT2D eigenvalue weighted by Crippen LogP contribution is -2.22. The largest absolute Gasteiger partial charge is 0.545 e. The fraction of sp³-hybridized carbons (Fsp3) is 0. The molecule has 2 N–H and O–H groups in total. The van der Waals surface area contributed by atoms with Crippen LogP contribution in [0.5, 0.6) is 0 Å². The molecular formula is C21H15N2O5-. The topological polar surface area (TPSA) is 111 Å². The second-order valence-corrected chi connectivity index (χ2v) is 5.71. The van der Waals surface area contributed by atoms with Gasteiger partial charge in [0.05, 0.1) is 23.5 Å². The molecule has 1 aromatic heterocycles. The molecule has 1 heterocycles. The third-order valence-corrected chi connectivity index (χ3v) is 3.73. The first kappa shape index (κ1) is 18.7. The van der Waals surface area contributed by atoms with Crippen molar-refractivity contribution in [3.63, 3.8) is 0 Å². The summed E-state index contributed by atoms with van der Waals surface area (Å²) in [6.45, 7) is 0. The van der Waals surface area contributed by atoms with Crippen molar-refractivity contribution in [2.45, 2.75) is 0 Å². The van der Waals surface area contributed by atoms with Gasteiger partial charge in [0.1, 0.15) is 5.76 Å². The molecule has 2 amide bonds. The van der Waals surface area contributed by atoms with Gasteiger partial charge in [-0.05, 0) is 48.0 Å². The molecule has 0 unspecified atom stereocenters. The standard InChI is InChI=1S/C21H16N2O5/c24-19(11-10-16-7-4-12-28-16)23-18-9-2-1-8-17(18)20(25)22-15-6-3-5-14(13-15)21(26)27/h1-13H,(H,22,25)(H,23,24)(H,26,27)/p-1/b11-10+. The lowest BCUT2D eigenvalue weighted by Gasteiger charge is -2.11. The van der Waals surface area contributed by atoms with E-state index in [4.69, 9.17) is 4.42 Å². The van der Waals surface area contributed by atoms with Crippen LogP contribution in [0.1, 0.15) is 26.5 Å². The molecule has 140 valence electrons. The van der Waals surface area contributed by atoms with Gasteiger partial charge in [0, 0.05) is 11.8 Å². The molecule has 0 radical (unpaired) electrons. The minimum Gasteiger partial charge on any atom is -0.545 e. The molecule has 28 heavy (non-hydrogen) atoms. The minimum absolute atomic E-state index is 0.0533. The molecule has 0 aliphatic rings. The summed E-state index contributed by atoms with van der Waals surface area (Å²) in [4.78, 5) is 35.6. The maximum Gasteiger partial charge on any atom is 0.257 e. The average molecular weight is 375 g/mol. The van der Waals surface area contributed by atoms with Gasteiger partial charge in [-0.1, -0.05) is 24.3 Å². The van der Waals surface area contributed by atoms with E-state index >= 15 is 0 Å². The lowest BCUT2D eigenvalue weighted by molar-refractivity contribution is -0.255. The number of hydrogen-bond acceptors (Lipinski definition) is 5. The quantitative estimate of drug-likeness (QED) is 0.643. The summed E-state index contributed by atoms with van der Waals surface area (Å²) in [5.41, 5.74) is 0.777. The molecule has 2 aromatic carbocycles. The number of hydrogen-bond donors (Lipinski definition) is 2. The molecule has 0 saturated carbocycles. The Morgan fingerprint density at radius 3 is 2.50 bits per heavy atom. The molecule has 0 atom stereocenters. The summed E-state index contributed by atoms with van der Waals surface area (Å²) >= 11 is 0. The molecule has 3 aromatic rings. The molecule has 0 aliphatic carbocycles. The Kier molecular flexibility index (Phi) is 5.66. The van der Waals surface area contributed by atoms with E-state index in [1.807, 2.05) is 0 Å². The second-order valence-electron chi connectivity index (χ2n) is 5.71. The zero-order valence-electron chi connectivity index (χ0n) is 14.5. The monoisotopic (exact) mass is 375 g/mol. The average Bonchev–Trinajstić information content (AvgIpc) is 3.20. The number of nitrogens with one attached hydrogen (secondary N) is 2. The van der Waals surface area contributed by atoms with Gasteiger partial charge in [-0.25, -0.2) is 0 Å². The van der Waals surface area contributed by atoms with Gasteiger partial charge in [-0.2, -0.15) is 0 Å². The molecule has 3 rings (SSSR count). The van der Waals surface area contributed by atoms with Crippen LogP contribution in [0.2, 0.25) is 0 Å². The minimum atomic E-state index is -1.34. The summed E-state index contributed by atoms with van der Waals surface area (Å²) in [5.74, 6) is -1.75. The van der Waals surface area contributed by atoms with Crippen molar-refractivity contribution in [3.8, 4) is 0 Å². The van der Waals surface area contributed by atoms with Crippen LogP contribution in [-0.4, -0.2) is 17.8 Å². The normalized spacial score (nSPS) is 10.6. The van der Waals surface area contributed by atoms with Crippen LogP contribution in [0.4, 0.5) is 11.4 Å². The van der Waals surface area contributed by atoms with E-state index < -0.39 is 17.8 Å². The number of amides is 2. The van der Waals surface area contributed by atoms with E-state index in [0.717, 1.165) is 0 Å². The SMILES string of the molecule is O=C(/C=C/c1ccco1)Nc1ccccc1C(=O)Nc1cccc(C(=O)[O-])c1. The number of furan rings is 1. The van der Waals surface area contributed by atoms with Gasteiger partial charge < -0.3 is 25.0 Å². The third-order valence-electron chi connectivity index (χ3n) is 3.73. The number of aromatic carboxylic acids is 1. The Bertz CT molecular complexity index is 1040. The van der Waals surface area contributed by atoms with Gasteiger partial charge in [0.25, 0.3) is 5.91 Å². The van der Waals surface area contributed by atoms with Crippen LogP contribution in [0.3, 0.4) is 0 Å². The molecular weight excluding hydrogens is 360 g/mol. The maximum atomic E-state index is 12.6. The Morgan fingerprint density at radius 1 is 0.929 bits per heavy atom. The first-order chi connectivity index (χ1) is 13.5. The van der Waals surface area contributed by atoms with E-state index in [9.17, 15) is 19.5 Å². The van der Waals surface area contributed by atoms with Crippen molar-refractivity contribution in [3.05, 3.63) is 89.9 Å². The van der Waals surface area contributed by atoms with Gasteiger partial charge in [-0.3, -0.25) is 9.59 Å². The predicted octanol–water partition coefficient (Wildman–Crippen LogP) is 2.55.